The van der Waals surface area contributed by atoms with E-state index >= 15 is 0 Å². The van der Waals surface area contributed by atoms with Crippen LogP contribution >= 0.6 is 0 Å². The Morgan fingerprint density at radius 1 is 1.37 bits per heavy atom. The highest BCUT2D eigenvalue weighted by Gasteiger charge is 2.36. The van der Waals surface area contributed by atoms with Gasteiger partial charge in [-0.25, -0.2) is 4.79 Å². The summed E-state index contributed by atoms with van der Waals surface area (Å²) in [5.41, 5.74) is 6.54. The normalized spacial score (nSPS) is 20.3. The number of hydrogen-bond acceptors (Lipinski definition) is 3. The lowest BCUT2D eigenvalue weighted by Gasteiger charge is -2.26. The number of carbonyl (C=O) groups is 2. The van der Waals surface area contributed by atoms with Crippen molar-refractivity contribution in [3.63, 3.8) is 0 Å². The molecule has 1 aromatic carbocycles. The van der Waals surface area contributed by atoms with Gasteiger partial charge in [-0.2, -0.15) is 0 Å². The first-order valence-corrected chi connectivity index (χ1v) is 6.43. The van der Waals surface area contributed by atoms with E-state index < -0.39 is 17.9 Å². The van der Waals surface area contributed by atoms with Crippen molar-refractivity contribution in [3.8, 4) is 0 Å². The summed E-state index contributed by atoms with van der Waals surface area (Å²) in [6.07, 6.45) is 1.25. The Morgan fingerprint density at radius 3 is 2.63 bits per heavy atom. The van der Waals surface area contributed by atoms with E-state index in [1.54, 1.807) is 0 Å². The largest absolute Gasteiger partial charge is 0.480 e. The van der Waals surface area contributed by atoms with Crippen LogP contribution in [0.4, 0.5) is 0 Å². The maximum Gasteiger partial charge on any atom is 0.326 e. The minimum atomic E-state index is -0.935. The second kappa shape index (κ2) is 5.84. The Balaban J connectivity index is 2.19. The number of likely N-dealkylation sites (tertiary alicyclic amines) is 1. The molecule has 0 spiro atoms. The van der Waals surface area contributed by atoms with E-state index in [1.807, 2.05) is 30.3 Å². The van der Waals surface area contributed by atoms with Crippen LogP contribution in [0.3, 0.4) is 0 Å². The van der Waals surface area contributed by atoms with Crippen molar-refractivity contribution in [1.29, 1.82) is 0 Å². The van der Waals surface area contributed by atoms with Gasteiger partial charge < -0.3 is 15.7 Å². The molecule has 1 aromatic rings. The molecule has 2 rings (SSSR count). The number of carbonyl (C=O) groups excluding carboxylic acids is 1. The molecule has 1 fully saturated rings. The molecule has 102 valence electrons. The number of rotatable bonds is 4. The summed E-state index contributed by atoms with van der Waals surface area (Å²) in [4.78, 5) is 25.1. The second-order valence-corrected chi connectivity index (χ2v) is 4.73. The lowest BCUT2D eigenvalue weighted by molar-refractivity contribution is -0.148. The molecule has 2 atom stereocenters. The summed E-state index contributed by atoms with van der Waals surface area (Å²) in [7, 11) is 0. The third-order valence-electron chi connectivity index (χ3n) is 3.56. The molecule has 5 nitrogen and oxygen atoms in total. The van der Waals surface area contributed by atoms with E-state index in [-0.39, 0.29) is 12.5 Å². The SMILES string of the molecule is NCC(C(=O)N1CCC[C@@H]1C(=O)O)c1ccccc1. The monoisotopic (exact) mass is 262 g/mol. The summed E-state index contributed by atoms with van der Waals surface area (Å²) in [6, 6.07) is 8.57. The molecule has 0 aromatic heterocycles. The molecule has 0 bridgehead atoms. The Labute approximate surface area is 112 Å². The standard InChI is InChI=1S/C14H18N2O3/c15-9-11(10-5-2-1-3-6-10)13(17)16-8-4-7-12(16)14(18)19/h1-3,5-6,11-12H,4,7-9,15H2,(H,18,19)/t11?,12-/m1/s1. The fraction of sp³-hybridized carbons (Fsp3) is 0.429. The van der Waals surface area contributed by atoms with Crippen molar-refractivity contribution in [2.45, 2.75) is 24.8 Å². The molecule has 0 saturated carbocycles. The molecular weight excluding hydrogens is 244 g/mol. The van der Waals surface area contributed by atoms with Crippen LogP contribution in [0.25, 0.3) is 0 Å². The van der Waals surface area contributed by atoms with Gasteiger partial charge in [0.1, 0.15) is 6.04 Å². The first kappa shape index (κ1) is 13.5. The molecule has 1 aliphatic heterocycles. The highest BCUT2D eigenvalue weighted by molar-refractivity contribution is 5.88. The molecule has 3 N–H and O–H groups in total. The summed E-state index contributed by atoms with van der Waals surface area (Å²) in [5, 5.41) is 9.13. The zero-order chi connectivity index (χ0) is 13.8. The lowest BCUT2D eigenvalue weighted by atomic mass is 9.97. The van der Waals surface area contributed by atoms with Crippen LogP contribution in [0.1, 0.15) is 24.3 Å². The maximum atomic E-state index is 12.5. The molecule has 5 heteroatoms. The van der Waals surface area contributed by atoms with Gasteiger partial charge in [0.2, 0.25) is 5.91 Å². The van der Waals surface area contributed by atoms with Crippen molar-refractivity contribution in [2.24, 2.45) is 5.73 Å². The molecule has 1 aliphatic rings. The zero-order valence-corrected chi connectivity index (χ0v) is 10.7. The van der Waals surface area contributed by atoms with Gasteiger partial charge in [0.25, 0.3) is 0 Å². The van der Waals surface area contributed by atoms with Gasteiger partial charge in [-0.3, -0.25) is 4.79 Å². The van der Waals surface area contributed by atoms with Crippen molar-refractivity contribution < 1.29 is 14.7 Å². The van der Waals surface area contributed by atoms with Crippen LogP contribution in [-0.2, 0) is 9.59 Å². The molecule has 1 unspecified atom stereocenters. The van der Waals surface area contributed by atoms with Gasteiger partial charge >= 0.3 is 5.97 Å². The lowest BCUT2D eigenvalue weighted by Crippen LogP contribution is -2.44. The topological polar surface area (TPSA) is 83.6 Å². The number of nitrogens with two attached hydrogens (primary N) is 1. The molecule has 0 radical (unpaired) electrons. The van der Waals surface area contributed by atoms with Crippen LogP contribution in [-0.4, -0.2) is 41.0 Å². The smallest absolute Gasteiger partial charge is 0.326 e. The molecule has 0 aliphatic carbocycles. The van der Waals surface area contributed by atoms with Crippen LogP contribution < -0.4 is 5.73 Å². The van der Waals surface area contributed by atoms with Crippen molar-refractivity contribution in [1.82, 2.24) is 4.90 Å². The molecule has 19 heavy (non-hydrogen) atoms. The van der Waals surface area contributed by atoms with E-state index in [1.165, 1.54) is 4.90 Å². The van der Waals surface area contributed by atoms with Crippen molar-refractivity contribution >= 4 is 11.9 Å². The highest BCUT2D eigenvalue weighted by Crippen LogP contribution is 2.24. The quantitative estimate of drug-likeness (QED) is 0.841. The third kappa shape index (κ3) is 2.76. The van der Waals surface area contributed by atoms with Gasteiger partial charge in [0.05, 0.1) is 5.92 Å². The summed E-state index contributed by atoms with van der Waals surface area (Å²) >= 11 is 0. The predicted molar refractivity (Wildman–Crippen MR) is 70.6 cm³/mol. The van der Waals surface area contributed by atoms with E-state index in [2.05, 4.69) is 0 Å². The number of nitrogens with zero attached hydrogens (tertiary/aromatic N) is 1. The van der Waals surface area contributed by atoms with E-state index in [0.717, 1.165) is 12.0 Å². The van der Waals surface area contributed by atoms with Gasteiger partial charge in [-0.15, -0.1) is 0 Å². The minimum absolute atomic E-state index is 0.182. The minimum Gasteiger partial charge on any atom is -0.480 e. The molecular formula is C14H18N2O3. The predicted octanol–water partition coefficient (Wildman–Crippen LogP) is 0.805. The van der Waals surface area contributed by atoms with E-state index in [4.69, 9.17) is 10.8 Å². The number of hydrogen-bond donors (Lipinski definition) is 2. The Bertz CT molecular complexity index is 461. The number of benzene rings is 1. The zero-order valence-electron chi connectivity index (χ0n) is 10.7. The number of carboxylic acids is 1. The van der Waals surface area contributed by atoms with Crippen molar-refractivity contribution in [2.75, 3.05) is 13.1 Å². The van der Waals surface area contributed by atoms with Gasteiger partial charge in [0, 0.05) is 13.1 Å². The second-order valence-electron chi connectivity index (χ2n) is 4.73. The van der Waals surface area contributed by atoms with Crippen LogP contribution in [0.15, 0.2) is 30.3 Å². The first-order chi connectivity index (χ1) is 9.15. The summed E-state index contributed by atoms with van der Waals surface area (Å²) in [6.45, 7) is 0.685. The van der Waals surface area contributed by atoms with Gasteiger partial charge in [-0.1, -0.05) is 30.3 Å². The number of carboxylic acid groups (broad SMARTS) is 1. The van der Waals surface area contributed by atoms with E-state index in [0.29, 0.717) is 13.0 Å². The average molecular weight is 262 g/mol. The highest BCUT2D eigenvalue weighted by atomic mass is 16.4. The summed E-state index contributed by atoms with van der Waals surface area (Å²) < 4.78 is 0. The molecule has 1 amide bonds. The fourth-order valence-electron chi connectivity index (χ4n) is 2.55. The maximum absolute atomic E-state index is 12.5. The summed E-state index contributed by atoms with van der Waals surface area (Å²) in [5.74, 6) is -1.57. The number of aliphatic carboxylic acids is 1. The van der Waals surface area contributed by atoms with Crippen molar-refractivity contribution in [3.05, 3.63) is 35.9 Å². The fourth-order valence-corrected chi connectivity index (χ4v) is 2.55. The Hall–Kier alpha value is -1.88. The van der Waals surface area contributed by atoms with Gasteiger partial charge in [0.15, 0.2) is 0 Å². The Morgan fingerprint density at radius 2 is 2.05 bits per heavy atom. The average Bonchev–Trinajstić information content (AvgIpc) is 2.90. The molecule has 1 saturated heterocycles. The number of amides is 1. The van der Waals surface area contributed by atoms with Crippen LogP contribution in [0.2, 0.25) is 0 Å². The Kier molecular flexibility index (Phi) is 4.16. The van der Waals surface area contributed by atoms with E-state index in [9.17, 15) is 9.59 Å². The first-order valence-electron chi connectivity index (χ1n) is 6.43. The van der Waals surface area contributed by atoms with Gasteiger partial charge in [-0.05, 0) is 18.4 Å². The molecule has 1 heterocycles. The third-order valence-corrected chi connectivity index (χ3v) is 3.56. The van der Waals surface area contributed by atoms with Crippen LogP contribution in [0, 0.1) is 0 Å². The van der Waals surface area contributed by atoms with Crippen LogP contribution in [0.5, 0.6) is 0 Å².